The van der Waals surface area contributed by atoms with Crippen molar-refractivity contribution in [1.29, 1.82) is 0 Å². The average molecular weight is 206 g/mol. The van der Waals surface area contributed by atoms with Gasteiger partial charge in [0.05, 0.1) is 0 Å². The lowest BCUT2D eigenvalue weighted by Crippen LogP contribution is -2.39. The molecule has 1 aromatic rings. The van der Waals surface area contributed by atoms with Crippen LogP contribution in [0.4, 0.5) is 0 Å². The normalized spacial score (nSPS) is 16.1. The molecule has 1 heterocycles. The van der Waals surface area contributed by atoms with Crippen LogP contribution in [0.3, 0.4) is 0 Å². The summed E-state index contributed by atoms with van der Waals surface area (Å²) < 4.78 is 0. The third-order valence-corrected chi connectivity index (χ3v) is 2.71. The number of hydrogen-bond donors (Lipinski definition) is 1. The highest BCUT2D eigenvalue weighted by Gasteiger charge is 2.07. The Morgan fingerprint density at radius 1 is 1.21 bits per heavy atom. The SMILES string of the molecule is C1=CC2=c3c(cccc3=CNC2)C1.Cl. The number of rotatable bonds is 0. The predicted molar refractivity (Wildman–Crippen MR) is 61.7 cm³/mol. The Labute approximate surface area is 89.2 Å². The fourth-order valence-electron chi connectivity index (χ4n) is 2.13. The third kappa shape index (κ3) is 1.25. The molecule has 1 nitrogen and oxygen atoms in total. The van der Waals surface area contributed by atoms with Gasteiger partial charge in [-0.2, -0.15) is 0 Å². The summed E-state index contributed by atoms with van der Waals surface area (Å²) in [6, 6.07) is 6.53. The van der Waals surface area contributed by atoms with Crippen molar-refractivity contribution in [2.45, 2.75) is 6.42 Å². The average Bonchev–Trinajstić information content (AvgIpc) is 2.19. The molecule has 0 bridgehead atoms. The molecule has 0 amide bonds. The summed E-state index contributed by atoms with van der Waals surface area (Å²) in [5.41, 5.74) is 2.90. The summed E-state index contributed by atoms with van der Waals surface area (Å²) in [6.07, 6.45) is 7.68. The largest absolute Gasteiger partial charge is 0.386 e. The molecule has 1 N–H and O–H groups in total. The van der Waals surface area contributed by atoms with Gasteiger partial charge in [-0.25, -0.2) is 0 Å². The van der Waals surface area contributed by atoms with Crippen LogP contribution in [0.1, 0.15) is 5.56 Å². The molecule has 0 saturated heterocycles. The van der Waals surface area contributed by atoms with Crippen molar-refractivity contribution in [3.05, 3.63) is 46.4 Å². The molecule has 1 aromatic carbocycles. The molecular formula is C12H12ClN. The van der Waals surface area contributed by atoms with Crippen LogP contribution in [-0.4, -0.2) is 6.54 Å². The standard InChI is InChI=1S/C12H11N.ClH/c1-3-9-4-2-6-11-8-13-7-10(5-1)12(9)11;/h1-3,5-7,13H,4,8H2;1H. The van der Waals surface area contributed by atoms with Crippen molar-refractivity contribution in [1.82, 2.24) is 5.32 Å². The van der Waals surface area contributed by atoms with Gasteiger partial charge in [0.2, 0.25) is 0 Å². The van der Waals surface area contributed by atoms with E-state index in [2.05, 4.69) is 41.9 Å². The van der Waals surface area contributed by atoms with Gasteiger partial charge < -0.3 is 5.32 Å². The molecule has 3 rings (SSSR count). The summed E-state index contributed by atoms with van der Waals surface area (Å²) in [5.74, 6) is 0. The lowest BCUT2D eigenvalue weighted by Gasteiger charge is -2.15. The molecule has 0 fully saturated rings. The maximum absolute atomic E-state index is 3.29. The zero-order valence-corrected chi connectivity index (χ0v) is 8.60. The number of nitrogens with one attached hydrogen (secondary N) is 1. The minimum absolute atomic E-state index is 0. The highest BCUT2D eigenvalue weighted by atomic mass is 35.5. The van der Waals surface area contributed by atoms with Crippen LogP contribution in [0.25, 0.3) is 11.8 Å². The van der Waals surface area contributed by atoms with E-state index in [0.29, 0.717) is 0 Å². The first-order valence-corrected chi connectivity index (χ1v) is 4.66. The van der Waals surface area contributed by atoms with Gasteiger partial charge in [-0.05, 0) is 28.0 Å². The quantitative estimate of drug-likeness (QED) is 0.658. The van der Waals surface area contributed by atoms with E-state index in [-0.39, 0.29) is 12.4 Å². The topological polar surface area (TPSA) is 12.0 Å². The van der Waals surface area contributed by atoms with Crippen molar-refractivity contribution in [3.8, 4) is 0 Å². The minimum atomic E-state index is 0. The van der Waals surface area contributed by atoms with Gasteiger partial charge in [0, 0.05) is 12.7 Å². The molecule has 0 spiro atoms. The molecular weight excluding hydrogens is 194 g/mol. The monoisotopic (exact) mass is 205 g/mol. The van der Waals surface area contributed by atoms with Crippen LogP contribution in [0.15, 0.2) is 30.4 Å². The van der Waals surface area contributed by atoms with E-state index in [9.17, 15) is 0 Å². The maximum Gasteiger partial charge on any atom is 0.0401 e. The minimum Gasteiger partial charge on any atom is -0.386 e. The smallest absolute Gasteiger partial charge is 0.0401 e. The third-order valence-electron chi connectivity index (χ3n) is 2.71. The van der Waals surface area contributed by atoms with E-state index in [1.807, 2.05) is 0 Å². The second-order valence-electron chi connectivity index (χ2n) is 3.54. The summed E-state index contributed by atoms with van der Waals surface area (Å²) in [5, 5.41) is 6.09. The second-order valence-corrected chi connectivity index (χ2v) is 3.54. The van der Waals surface area contributed by atoms with Crippen molar-refractivity contribution >= 4 is 24.2 Å². The van der Waals surface area contributed by atoms with Gasteiger partial charge in [0.15, 0.2) is 0 Å². The molecule has 1 aliphatic carbocycles. The fourth-order valence-corrected chi connectivity index (χ4v) is 2.13. The van der Waals surface area contributed by atoms with Gasteiger partial charge in [-0.3, -0.25) is 0 Å². The molecule has 1 aliphatic heterocycles. The van der Waals surface area contributed by atoms with Crippen LogP contribution in [0, 0.1) is 0 Å². The number of halogens is 1. The van der Waals surface area contributed by atoms with Crippen LogP contribution in [0.5, 0.6) is 0 Å². The van der Waals surface area contributed by atoms with E-state index in [1.54, 1.807) is 0 Å². The predicted octanol–water partition coefficient (Wildman–Crippen LogP) is 0.713. The molecule has 72 valence electrons. The van der Waals surface area contributed by atoms with E-state index >= 15 is 0 Å². The lowest BCUT2D eigenvalue weighted by molar-refractivity contribution is 1.01. The summed E-state index contributed by atoms with van der Waals surface area (Å²) in [4.78, 5) is 0. The summed E-state index contributed by atoms with van der Waals surface area (Å²) >= 11 is 0. The van der Waals surface area contributed by atoms with Crippen molar-refractivity contribution in [2.24, 2.45) is 0 Å². The van der Waals surface area contributed by atoms with Crippen LogP contribution < -0.4 is 15.8 Å². The van der Waals surface area contributed by atoms with Crippen LogP contribution >= 0.6 is 12.4 Å². The molecule has 0 atom stereocenters. The van der Waals surface area contributed by atoms with Crippen LogP contribution in [-0.2, 0) is 6.42 Å². The van der Waals surface area contributed by atoms with Gasteiger partial charge in [0.1, 0.15) is 0 Å². The Hall–Kier alpha value is -1.21. The van der Waals surface area contributed by atoms with Gasteiger partial charge in [-0.15, -0.1) is 12.4 Å². The first-order valence-electron chi connectivity index (χ1n) is 4.66. The molecule has 14 heavy (non-hydrogen) atoms. The Morgan fingerprint density at radius 2 is 2.14 bits per heavy atom. The molecule has 0 aromatic heterocycles. The summed E-state index contributed by atoms with van der Waals surface area (Å²) in [6.45, 7) is 0.973. The summed E-state index contributed by atoms with van der Waals surface area (Å²) in [7, 11) is 0. The molecule has 2 heteroatoms. The van der Waals surface area contributed by atoms with Crippen molar-refractivity contribution in [3.63, 3.8) is 0 Å². The Balaban J connectivity index is 0.000000750. The van der Waals surface area contributed by atoms with Crippen molar-refractivity contribution in [2.75, 3.05) is 6.54 Å². The molecule has 0 unspecified atom stereocenters. The first-order chi connectivity index (χ1) is 6.45. The van der Waals surface area contributed by atoms with Gasteiger partial charge in [0.25, 0.3) is 0 Å². The highest BCUT2D eigenvalue weighted by Crippen LogP contribution is 2.06. The van der Waals surface area contributed by atoms with E-state index in [1.165, 1.54) is 21.6 Å². The Bertz CT molecular complexity index is 500. The number of hydrogen-bond acceptors (Lipinski definition) is 1. The second kappa shape index (κ2) is 3.50. The lowest BCUT2D eigenvalue weighted by atomic mass is 9.96. The zero-order valence-electron chi connectivity index (χ0n) is 7.79. The van der Waals surface area contributed by atoms with Gasteiger partial charge >= 0.3 is 0 Å². The first kappa shape index (κ1) is 9.35. The Kier molecular flexibility index (Phi) is 2.34. The van der Waals surface area contributed by atoms with Crippen molar-refractivity contribution < 1.29 is 0 Å². The Morgan fingerprint density at radius 3 is 3.07 bits per heavy atom. The van der Waals surface area contributed by atoms with E-state index in [0.717, 1.165) is 13.0 Å². The zero-order chi connectivity index (χ0) is 8.67. The number of allylic oxidation sites excluding steroid dienone is 1. The fraction of sp³-hybridized carbons (Fsp3) is 0.167. The maximum atomic E-state index is 3.29. The highest BCUT2D eigenvalue weighted by molar-refractivity contribution is 5.85. The molecule has 0 saturated carbocycles. The van der Waals surface area contributed by atoms with Gasteiger partial charge in [-0.1, -0.05) is 30.4 Å². The van der Waals surface area contributed by atoms with E-state index < -0.39 is 0 Å². The van der Waals surface area contributed by atoms with E-state index in [4.69, 9.17) is 0 Å². The van der Waals surface area contributed by atoms with Crippen LogP contribution in [0.2, 0.25) is 0 Å². The molecule has 0 radical (unpaired) electrons. The number of benzene rings is 1. The molecule has 2 aliphatic rings.